The largest absolute Gasteiger partial charge is 0.461 e. The Hall–Kier alpha value is -5.23. The van der Waals surface area contributed by atoms with E-state index in [1.54, 1.807) is 91.2 Å². The molecule has 356 valence electrons. The van der Waals surface area contributed by atoms with Gasteiger partial charge in [0.25, 0.3) is 0 Å². The summed E-state index contributed by atoms with van der Waals surface area (Å²) in [6, 6.07) is 7.61. The van der Waals surface area contributed by atoms with Crippen molar-refractivity contribution in [1.29, 1.82) is 0 Å². The third-order valence-corrected chi connectivity index (χ3v) is 12.9. The molecule has 17 nitrogen and oxygen atoms in total. The number of carbonyl (C=O) groups is 5. The summed E-state index contributed by atoms with van der Waals surface area (Å²) in [5, 5.41) is 17.4. The highest BCUT2D eigenvalue weighted by atomic mass is 16.7. The van der Waals surface area contributed by atoms with E-state index < -0.39 is 102 Å². The first-order chi connectivity index (χ1) is 30.8. The molecule has 5 rings (SSSR count). The molecular weight excluding hydrogens is 839 g/mol. The summed E-state index contributed by atoms with van der Waals surface area (Å²) in [5.41, 5.74) is -1.92. The molecule has 2 aromatic heterocycles. The monoisotopic (exact) mass is 905 g/mol. The Kier molecular flexibility index (Phi) is 17.4. The van der Waals surface area contributed by atoms with Crippen LogP contribution in [0.15, 0.2) is 67.2 Å². The van der Waals surface area contributed by atoms with Crippen LogP contribution in [-0.4, -0.2) is 131 Å². The maximum absolute atomic E-state index is 14.7. The van der Waals surface area contributed by atoms with E-state index in [2.05, 4.69) is 20.6 Å². The number of ketones is 1. The summed E-state index contributed by atoms with van der Waals surface area (Å²) in [7, 11) is 3.67. The highest BCUT2D eigenvalue weighted by molar-refractivity contribution is 5.85. The number of likely N-dealkylation sites (N-methyl/N-ethyl adjacent to an activating group) is 1. The minimum absolute atomic E-state index is 0.0521. The molecule has 14 atom stereocenters. The van der Waals surface area contributed by atoms with E-state index in [1.807, 2.05) is 50.2 Å². The molecule has 0 unspecified atom stereocenters. The minimum atomic E-state index is -1.76. The van der Waals surface area contributed by atoms with E-state index in [1.165, 1.54) is 6.20 Å². The fraction of sp³-hybridized carbons (Fsp3) is 0.604. The fourth-order valence-corrected chi connectivity index (χ4v) is 9.46. The highest BCUT2D eigenvalue weighted by Crippen LogP contribution is 2.42. The van der Waals surface area contributed by atoms with Crippen LogP contribution in [0.25, 0.3) is 6.08 Å². The number of carbonyl (C=O) groups excluding carboxylic acids is 5. The van der Waals surface area contributed by atoms with Crippen LogP contribution < -0.4 is 10.6 Å². The van der Waals surface area contributed by atoms with Gasteiger partial charge in [0.2, 0.25) is 0 Å². The van der Waals surface area contributed by atoms with Crippen molar-refractivity contribution in [2.24, 2.45) is 23.7 Å². The van der Waals surface area contributed by atoms with Crippen molar-refractivity contribution in [2.45, 2.75) is 141 Å². The Morgan fingerprint density at radius 2 is 1.78 bits per heavy atom. The number of hydrogen-bond acceptors (Lipinski definition) is 15. The lowest BCUT2D eigenvalue weighted by Gasteiger charge is -2.48. The second-order valence-electron chi connectivity index (χ2n) is 18.2. The van der Waals surface area contributed by atoms with Crippen molar-refractivity contribution >= 4 is 36.0 Å². The number of rotatable bonds is 12. The summed E-state index contributed by atoms with van der Waals surface area (Å²) in [5.74, 6) is -5.74. The maximum atomic E-state index is 14.7. The van der Waals surface area contributed by atoms with Gasteiger partial charge in [0.05, 0.1) is 30.2 Å². The first-order valence-electron chi connectivity index (χ1n) is 22.5. The third-order valence-electron chi connectivity index (χ3n) is 12.9. The average Bonchev–Trinajstić information content (AvgIpc) is 3.58. The molecular formula is C48H67N5O12. The number of aliphatic hydroxyl groups is 1. The Labute approximate surface area is 382 Å². The predicted molar refractivity (Wildman–Crippen MR) is 239 cm³/mol. The van der Waals surface area contributed by atoms with Gasteiger partial charge in [0, 0.05) is 48.9 Å². The van der Waals surface area contributed by atoms with Gasteiger partial charge in [-0.1, -0.05) is 58.1 Å². The summed E-state index contributed by atoms with van der Waals surface area (Å²) < 4.78 is 37.9. The quantitative estimate of drug-likeness (QED) is 0.142. The first kappa shape index (κ1) is 50.8. The van der Waals surface area contributed by atoms with Crippen LogP contribution in [0.2, 0.25) is 0 Å². The van der Waals surface area contributed by atoms with Crippen molar-refractivity contribution in [2.75, 3.05) is 20.6 Å². The van der Waals surface area contributed by atoms with E-state index >= 15 is 0 Å². The first-order valence-corrected chi connectivity index (χ1v) is 22.5. The second-order valence-corrected chi connectivity index (χ2v) is 18.2. The van der Waals surface area contributed by atoms with Gasteiger partial charge in [-0.25, -0.2) is 9.59 Å². The smallest absolute Gasteiger partial charge is 0.408 e. The zero-order chi connectivity index (χ0) is 47.6. The van der Waals surface area contributed by atoms with Crippen molar-refractivity contribution in [3.05, 3.63) is 78.4 Å². The molecule has 3 fully saturated rings. The molecule has 5 heterocycles. The van der Waals surface area contributed by atoms with Crippen LogP contribution in [-0.2, 0) is 49.2 Å². The molecule has 17 heteroatoms. The molecule has 0 spiro atoms. The molecule has 3 N–H and O–H groups in total. The molecule has 2 amide bonds. The lowest BCUT2D eigenvalue weighted by Crippen LogP contribution is -2.61. The van der Waals surface area contributed by atoms with Crippen LogP contribution in [0.4, 0.5) is 9.59 Å². The van der Waals surface area contributed by atoms with E-state index in [-0.39, 0.29) is 37.7 Å². The Balaban J connectivity index is 1.60. The van der Waals surface area contributed by atoms with Crippen LogP contribution in [0, 0.1) is 23.7 Å². The van der Waals surface area contributed by atoms with Crippen LogP contribution in [0.1, 0.15) is 85.9 Å². The Morgan fingerprint density at radius 1 is 1.03 bits per heavy atom. The summed E-state index contributed by atoms with van der Waals surface area (Å²) >= 11 is 0. The van der Waals surface area contributed by atoms with E-state index in [0.29, 0.717) is 12.0 Å². The van der Waals surface area contributed by atoms with E-state index in [4.69, 9.17) is 28.4 Å². The lowest BCUT2D eigenvalue weighted by molar-refractivity contribution is -0.298. The summed E-state index contributed by atoms with van der Waals surface area (Å²) in [6.07, 6.45) is 3.98. The number of nitrogens with one attached hydrogen (secondary N) is 2. The number of aromatic nitrogens is 2. The SMILES string of the molecule is CC[C@H]1OC(=O)[C@H](C)[C@@H](OC(=O)Cc2cccnc2)[C@H](C)[C@@H](O[C@@H]2O[C@H](C)C[C@H](N(C)C)[C@H]2O)[C@](C)(OC(=O)NCC=CC=Cc2ccccn2)C[C@@H](C)C(=O)[C@H](C)[C@H]2NC(=O)O[C@@]21C. The Morgan fingerprint density at radius 3 is 2.45 bits per heavy atom. The zero-order valence-corrected chi connectivity index (χ0v) is 39.2. The average molecular weight is 906 g/mol. The molecule has 3 saturated heterocycles. The number of Topliss-reactive ketones (excluding diaryl/α,β-unsaturated/α-hetero) is 1. The molecule has 0 bridgehead atoms. The predicted octanol–water partition coefficient (Wildman–Crippen LogP) is 5.20. The molecule has 65 heavy (non-hydrogen) atoms. The van der Waals surface area contributed by atoms with Gasteiger partial charge in [-0.3, -0.25) is 24.4 Å². The summed E-state index contributed by atoms with van der Waals surface area (Å²) in [6.45, 7) is 13.5. The number of amides is 2. The topological polar surface area (TPSA) is 214 Å². The van der Waals surface area contributed by atoms with E-state index in [9.17, 15) is 29.1 Å². The normalized spacial score (nSPS) is 34.9. The second kappa shape index (κ2) is 22.3. The molecule has 0 aromatic carbocycles. The van der Waals surface area contributed by atoms with Gasteiger partial charge < -0.3 is 49.1 Å². The van der Waals surface area contributed by atoms with E-state index in [0.717, 1.165) is 5.69 Å². The minimum Gasteiger partial charge on any atom is -0.461 e. The number of aliphatic hydroxyl groups excluding tert-OH is 1. The van der Waals surface area contributed by atoms with Crippen molar-refractivity contribution in [3.63, 3.8) is 0 Å². The number of allylic oxidation sites excluding steroid dienone is 2. The van der Waals surface area contributed by atoms with Gasteiger partial charge in [0.1, 0.15) is 35.8 Å². The number of pyridine rings is 2. The number of esters is 2. The number of cyclic esters (lactones) is 1. The highest BCUT2D eigenvalue weighted by Gasteiger charge is 2.58. The number of fused-ring (bicyclic) bond motifs is 1. The number of hydrogen-bond donors (Lipinski definition) is 3. The molecule has 0 radical (unpaired) electrons. The number of ether oxygens (including phenoxy) is 6. The third kappa shape index (κ3) is 12.6. The maximum Gasteiger partial charge on any atom is 0.408 e. The van der Waals surface area contributed by atoms with Crippen molar-refractivity contribution in [1.82, 2.24) is 25.5 Å². The number of nitrogens with zero attached hydrogens (tertiary/aromatic N) is 3. The van der Waals surface area contributed by atoms with Gasteiger partial charge in [-0.05, 0) is 90.9 Å². The van der Waals surface area contributed by atoms with Crippen molar-refractivity contribution < 1.29 is 57.5 Å². The Bertz CT molecular complexity index is 2000. The van der Waals surface area contributed by atoms with Crippen LogP contribution in [0.5, 0.6) is 0 Å². The molecule has 3 aliphatic heterocycles. The van der Waals surface area contributed by atoms with Gasteiger partial charge in [0.15, 0.2) is 11.9 Å². The van der Waals surface area contributed by atoms with Gasteiger partial charge in [-0.15, -0.1) is 0 Å². The zero-order valence-electron chi connectivity index (χ0n) is 39.2. The fourth-order valence-electron chi connectivity index (χ4n) is 9.46. The lowest BCUT2D eigenvalue weighted by atomic mass is 9.73. The van der Waals surface area contributed by atoms with Crippen LogP contribution >= 0.6 is 0 Å². The van der Waals surface area contributed by atoms with Crippen LogP contribution in [0.3, 0.4) is 0 Å². The molecule has 0 saturated carbocycles. The van der Waals surface area contributed by atoms with Crippen molar-refractivity contribution in [3.8, 4) is 0 Å². The molecule has 0 aliphatic carbocycles. The van der Waals surface area contributed by atoms with Gasteiger partial charge >= 0.3 is 24.1 Å². The standard InChI is InChI=1S/C48H67N5O12/c1-11-36-48(8)41(52-46(59)65-48)30(4)38(55)28(2)26-47(7,64-45(58)51-23-15-12-13-19-34-20-14-16-22-50-34)42(63-44-39(56)35(53(9)10)24-29(3)60-44)31(5)40(32(6)43(57)61-36)62-37(54)25-33-18-17-21-49-27-33/h12-22,27-32,35-36,39-42,44,56H,11,23-26H2,1-10H3,(H,51,58)(H,52,59)/t28-,29-,30+,31+,32-,35+,36-,39-,40+,41-,42-,44+,47-,48-/m1/s1. The van der Waals surface area contributed by atoms with Gasteiger partial charge in [-0.2, -0.15) is 0 Å². The number of alkyl carbamates (subject to hydrolysis) is 2. The summed E-state index contributed by atoms with van der Waals surface area (Å²) in [4.78, 5) is 80.3. The molecule has 3 aliphatic rings. The molecule has 2 aromatic rings.